The summed E-state index contributed by atoms with van der Waals surface area (Å²) in [6.45, 7) is 18.5. The SMILES string of the molecule is CC.CC(C)C(C)(C)c1cc(C(C)(C)C)cc(S(=O)(=O)O)c1. The van der Waals surface area contributed by atoms with E-state index in [0.29, 0.717) is 5.92 Å². The molecule has 0 saturated heterocycles. The maximum absolute atomic E-state index is 11.5. The van der Waals surface area contributed by atoms with Crippen LogP contribution < -0.4 is 0 Å². The summed E-state index contributed by atoms with van der Waals surface area (Å²) in [5.74, 6) is 0.354. The van der Waals surface area contributed by atoms with Gasteiger partial charge in [-0.05, 0) is 40.0 Å². The summed E-state index contributed by atoms with van der Waals surface area (Å²) in [5.41, 5.74) is 1.51. The molecule has 128 valence electrons. The van der Waals surface area contributed by atoms with Crippen molar-refractivity contribution in [2.45, 2.75) is 78.0 Å². The van der Waals surface area contributed by atoms with E-state index < -0.39 is 10.1 Å². The highest BCUT2D eigenvalue weighted by Gasteiger charge is 2.28. The van der Waals surface area contributed by atoms with Crippen LogP contribution in [0.25, 0.3) is 0 Å². The molecule has 3 nitrogen and oxygen atoms in total. The minimum Gasteiger partial charge on any atom is -0.282 e. The molecule has 0 aromatic heterocycles. The third-order valence-electron chi connectivity index (χ3n) is 4.26. The van der Waals surface area contributed by atoms with Gasteiger partial charge in [-0.1, -0.05) is 68.4 Å². The molecule has 1 aromatic carbocycles. The Morgan fingerprint density at radius 1 is 0.909 bits per heavy atom. The van der Waals surface area contributed by atoms with Crippen LogP contribution in [-0.4, -0.2) is 13.0 Å². The van der Waals surface area contributed by atoms with Gasteiger partial charge in [0, 0.05) is 0 Å². The molecule has 0 saturated carbocycles. The molecule has 1 N–H and O–H groups in total. The van der Waals surface area contributed by atoms with Crippen molar-refractivity contribution in [2.75, 3.05) is 0 Å². The van der Waals surface area contributed by atoms with Gasteiger partial charge < -0.3 is 0 Å². The average molecular weight is 329 g/mol. The summed E-state index contributed by atoms with van der Waals surface area (Å²) in [4.78, 5) is -0.0198. The van der Waals surface area contributed by atoms with Crippen LogP contribution in [0.5, 0.6) is 0 Å². The van der Waals surface area contributed by atoms with Crippen LogP contribution in [-0.2, 0) is 20.9 Å². The Balaban J connectivity index is 0.00000211. The van der Waals surface area contributed by atoms with E-state index in [-0.39, 0.29) is 15.7 Å². The second kappa shape index (κ2) is 7.14. The lowest BCUT2D eigenvalue weighted by molar-refractivity contribution is 0.370. The van der Waals surface area contributed by atoms with Crippen LogP contribution in [0, 0.1) is 5.92 Å². The zero-order valence-corrected chi connectivity index (χ0v) is 16.3. The van der Waals surface area contributed by atoms with Crippen LogP contribution >= 0.6 is 0 Å². The lowest BCUT2D eigenvalue weighted by atomic mass is 9.73. The Labute approximate surface area is 136 Å². The summed E-state index contributed by atoms with van der Waals surface area (Å²) in [5, 5.41) is 0. The molecule has 0 aliphatic rings. The van der Waals surface area contributed by atoms with Crippen LogP contribution in [0.3, 0.4) is 0 Å². The first-order valence-electron chi connectivity index (χ1n) is 7.90. The molecule has 0 radical (unpaired) electrons. The molecule has 0 heterocycles. The molecule has 1 aromatic rings. The van der Waals surface area contributed by atoms with E-state index in [9.17, 15) is 13.0 Å². The van der Waals surface area contributed by atoms with Crippen molar-refractivity contribution in [3.63, 3.8) is 0 Å². The van der Waals surface area contributed by atoms with Crippen molar-refractivity contribution in [1.82, 2.24) is 0 Å². The zero-order chi connectivity index (χ0) is 17.9. The monoisotopic (exact) mass is 328 g/mol. The molecule has 0 aliphatic carbocycles. The Bertz CT molecular complexity index is 591. The molecule has 0 atom stereocenters. The van der Waals surface area contributed by atoms with Gasteiger partial charge in [-0.15, -0.1) is 0 Å². The predicted molar refractivity (Wildman–Crippen MR) is 94.2 cm³/mol. The second-order valence-electron chi connectivity index (χ2n) is 7.35. The predicted octanol–water partition coefficient (Wildman–Crippen LogP) is 5.19. The topological polar surface area (TPSA) is 54.4 Å². The molecule has 0 bridgehead atoms. The third-order valence-corrected chi connectivity index (χ3v) is 5.09. The van der Waals surface area contributed by atoms with Gasteiger partial charge in [-0.3, -0.25) is 4.55 Å². The number of hydrogen-bond donors (Lipinski definition) is 1. The summed E-state index contributed by atoms with van der Waals surface area (Å²) in [7, 11) is -4.19. The summed E-state index contributed by atoms with van der Waals surface area (Å²) >= 11 is 0. The number of benzene rings is 1. The summed E-state index contributed by atoms with van der Waals surface area (Å²) in [6.07, 6.45) is 0. The van der Waals surface area contributed by atoms with Gasteiger partial charge in [-0.25, -0.2) is 0 Å². The van der Waals surface area contributed by atoms with Gasteiger partial charge in [0.1, 0.15) is 0 Å². The first-order chi connectivity index (χ1) is 9.76. The Hall–Kier alpha value is -0.870. The number of hydrogen-bond acceptors (Lipinski definition) is 2. The zero-order valence-electron chi connectivity index (χ0n) is 15.5. The molecular weight excluding hydrogens is 296 g/mol. The molecule has 0 aliphatic heterocycles. The lowest BCUT2D eigenvalue weighted by Crippen LogP contribution is -2.26. The summed E-state index contributed by atoms with van der Waals surface area (Å²) < 4.78 is 32.4. The largest absolute Gasteiger partial charge is 0.294 e. The van der Waals surface area contributed by atoms with Gasteiger partial charge in [0.25, 0.3) is 10.1 Å². The maximum Gasteiger partial charge on any atom is 0.294 e. The van der Waals surface area contributed by atoms with E-state index in [1.807, 2.05) is 34.6 Å². The standard InChI is InChI=1S/C16H26O3S.C2H6/c1-11(2)16(6,7)13-8-12(15(3,4)5)9-14(10-13)20(17,18)19;1-2/h8-11H,1-7H3,(H,17,18,19);1-2H3. The van der Waals surface area contributed by atoms with E-state index in [4.69, 9.17) is 0 Å². The maximum atomic E-state index is 11.5. The first kappa shape index (κ1) is 21.1. The van der Waals surface area contributed by atoms with Crippen LogP contribution in [0.1, 0.15) is 73.4 Å². The van der Waals surface area contributed by atoms with E-state index in [0.717, 1.165) is 11.1 Å². The van der Waals surface area contributed by atoms with Gasteiger partial charge in [-0.2, -0.15) is 8.42 Å². The van der Waals surface area contributed by atoms with E-state index in [1.54, 1.807) is 12.1 Å². The van der Waals surface area contributed by atoms with Crippen LogP contribution in [0.15, 0.2) is 23.1 Å². The molecule has 0 amide bonds. The van der Waals surface area contributed by atoms with Crippen LogP contribution in [0.4, 0.5) is 0 Å². The molecule has 0 spiro atoms. The van der Waals surface area contributed by atoms with Crippen molar-refractivity contribution in [2.24, 2.45) is 5.92 Å². The Kier molecular flexibility index (Phi) is 6.85. The fraction of sp³-hybridized carbons (Fsp3) is 0.667. The lowest BCUT2D eigenvalue weighted by Gasteiger charge is -2.32. The first-order valence-corrected chi connectivity index (χ1v) is 9.34. The normalized spacial score (nSPS) is 12.9. The molecular formula is C18H32O3S. The Morgan fingerprint density at radius 2 is 1.32 bits per heavy atom. The summed E-state index contributed by atoms with van der Waals surface area (Å²) in [6, 6.07) is 5.20. The van der Waals surface area contributed by atoms with Crippen molar-refractivity contribution >= 4 is 10.1 Å². The smallest absolute Gasteiger partial charge is 0.282 e. The average Bonchev–Trinajstić information content (AvgIpc) is 2.38. The van der Waals surface area contributed by atoms with Gasteiger partial charge in [0.2, 0.25) is 0 Å². The van der Waals surface area contributed by atoms with E-state index in [1.165, 1.54) is 0 Å². The van der Waals surface area contributed by atoms with E-state index in [2.05, 4.69) is 33.8 Å². The van der Waals surface area contributed by atoms with Crippen LogP contribution in [0.2, 0.25) is 0 Å². The molecule has 0 unspecified atom stereocenters. The highest BCUT2D eigenvalue weighted by molar-refractivity contribution is 7.85. The molecule has 4 heteroatoms. The fourth-order valence-corrected chi connectivity index (χ4v) is 2.44. The fourth-order valence-electron chi connectivity index (χ4n) is 1.89. The minimum absolute atomic E-state index is 0.0198. The quantitative estimate of drug-likeness (QED) is 0.777. The minimum atomic E-state index is -4.19. The highest BCUT2D eigenvalue weighted by atomic mass is 32.2. The van der Waals surface area contributed by atoms with Gasteiger partial charge in [0.15, 0.2) is 0 Å². The van der Waals surface area contributed by atoms with Gasteiger partial charge in [0.05, 0.1) is 4.90 Å². The van der Waals surface area contributed by atoms with E-state index >= 15 is 0 Å². The van der Waals surface area contributed by atoms with Crippen molar-refractivity contribution in [3.05, 3.63) is 29.3 Å². The van der Waals surface area contributed by atoms with Crippen molar-refractivity contribution in [3.8, 4) is 0 Å². The van der Waals surface area contributed by atoms with Crippen molar-refractivity contribution < 1.29 is 13.0 Å². The molecule has 1 rings (SSSR count). The Morgan fingerprint density at radius 3 is 1.64 bits per heavy atom. The second-order valence-corrected chi connectivity index (χ2v) is 8.77. The third kappa shape index (κ3) is 5.10. The molecule has 22 heavy (non-hydrogen) atoms. The molecule has 0 fully saturated rings. The van der Waals surface area contributed by atoms with Crippen molar-refractivity contribution in [1.29, 1.82) is 0 Å². The highest BCUT2D eigenvalue weighted by Crippen LogP contribution is 2.35. The number of rotatable bonds is 3. The van der Waals surface area contributed by atoms with Gasteiger partial charge >= 0.3 is 0 Å².